The summed E-state index contributed by atoms with van der Waals surface area (Å²) in [6.07, 6.45) is 1.80. The van der Waals surface area contributed by atoms with Crippen molar-refractivity contribution < 1.29 is 18.8 Å². The molecule has 3 heterocycles. The fraction of sp³-hybridized carbons (Fsp3) is 0.385. The average Bonchev–Trinajstić information content (AvgIpc) is 3.51. The highest BCUT2D eigenvalue weighted by Gasteiger charge is 2.38. The van der Waals surface area contributed by atoms with Crippen molar-refractivity contribution in [2.75, 3.05) is 31.6 Å². The molecule has 2 amide bonds. The third kappa shape index (κ3) is 4.27. The highest BCUT2D eigenvalue weighted by atomic mass is 16.5. The Morgan fingerprint density at radius 2 is 1.82 bits per heavy atom. The molecule has 2 aliphatic rings. The van der Waals surface area contributed by atoms with Gasteiger partial charge in [0.1, 0.15) is 5.75 Å². The van der Waals surface area contributed by atoms with Crippen LogP contribution >= 0.6 is 0 Å². The van der Waals surface area contributed by atoms with Crippen LogP contribution in [0.2, 0.25) is 0 Å². The maximum atomic E-state index is 13.2. The lowest BCUT2D eigenvalue weighted by atomic mass is 9.95. The van der Waals surface area contributed by atoms with E-state index in [0.29, 0.717) is 31.3 Å². The van der Waals surface area contributed by atoms with Crippen LogP contribution in [0.25, 0.3) is 11.5 Å². The minimum absolute atomic E-state index is 0.0195. The molecular weight excluding hydrogens is 432 g/mol. The van der Waals surface area contributed by atoms with E-state index in [1.807, 2.05) is 60.4 Å². The van der Waals surface area contributed by atoms with E-state index in [2.05, 4.69) is 10.1 Å². The summed E-state index contributed by atoms with van der Waals surface area (Å²) < 4.78 is 10.7. The van der Waals surface area contributed by atoms with Gasteiger partial charge < -0.3 is 19.1 Å². The second-order valence-corrected chi connectivity index (χ2v) is 8.98. The van der Waals surface area contributed by atoms with Gasteiger partial charge in [0.15, 0.2) is 5.82 Å². The Morgan fingerprint density at radius 3 is 2.53 bits per heavy atom. The van der Waals surface area contributed by atoms with Crippen LogP contribution in [0.15, 0.2) is 53.1 Å². The van der Waals surface area contributed by atoms with Crippen molar-refractivity contribution in [3.05, 3.63) is 59.9 Å². The number of rotatable bonds is 5. The monoisotopic (exact) mass is 460 g/mol. The van der Waals surface area contributed by atoms with E-state index in [-0.39, 0.29) is 30.1 Å². The predicted octanol–water partition coefficient (Wildman–Crippen LogP) is 3.81. The number of aryl methyl sites for hydroxylation is 1. The zero-order valence-corrected chi connectivity index (χ0v) is 19.4. The SMILES string of the molecule is COc1ccc(N2C[C@@H](C(=O)N3CCC(c4noc(-c5ccccc5C)n4)CC3)CC2=O)cc1. The van der Waals surface area contributed by atoms with Gasteiger partial charge in [-0.05, 0) is 55.7 Å². The number of methoxy groups -OCH3 is 1. The summed E-state index contributed by atoms with van der Waals surface area (Å²) in [5.41, 5.74) is 2.83. The van der Waals surface area contributed by atoms with Crippen LogP contribution in [-0.2, 0) is 9.59 Å². The Labute approximate surface area is 198 Å². The van der Waals surface area contributed by atoms with Crippen LogP contribution < -0.4 is 9.64 Å². The van der Waals surface area contributed by atoms with Crippen LogP contribution in [0.5, 0.6) is 5.75 Å². The average molecular weight is 461 g/mol. The number of hydrogen-bond donors (Lipinski definition) is 0. The van der Waals surface area contributed by atoms with Crippen molar-refractivity contribution in [2.45, 2.75) is 32.1 Å². The van der Waals surface area contributed by atoms with Crippen molar-refractivity contribution in [3.8, 4) is 17.2 Å². The lowest BCUT2D eigenvalue weighted by Crippen LogP contribution is -2.42. The molecule has 2 saturated heterocycles. The molecule has 2 fully saturated rings. The Kier molecular flexibility index (Phi) is 6.04. The van der Waals surface area contributed by atoms with Crippen molar-refractivity contribution in [3.63, 3.8) is 0 Å². The smallest absolute Gasteiger partial charge is 0.258 e. The quantitative estimate of drug-likeness (QED) is 0.575. The molecule has 8 nitrogen and oxygen atoms in total. The van der Waals surface area contributed by atoms with Gasteiger partial charge in [-0.1, -0.05) is 23.4 Å². The molecule has 0 N–H and O–H groups in total. The summed E-state index contributed by atoms with van der Waals surface area (Å²) in [5, 5.41) is 4.22. The van der Waals surface area contributed by atoms with E-state index in [1.165, 1.54) is 0 Å². The zero-order chi connectivity index (χ0) is 23.7. The predicted molar refractivity (Wildman–Crippen MR) is 126 cm³/mol. The number of amides is 2. The number of piperidine rings is 1. The van der Waals surface area contributed by atoms with Crippen molar-refractivity contribution >= 4 is 17.5 Å². The molecule has 0 unspecified atom stereocenters. The number of carbonyl (C=O) groups excluding carboxylic acids is 2. The van der Waals surface area contributed by atoms with Crippen LogP contribution in [0.4, 0.5) is 5.69 Å². The highest BCUT2D eigenvalue weighted by Crippen LogP contribution is 2.32. The summed E-state index contributed by atoms with van der Waals surface area (Å²) in [7, 11) is 1.61. The van der Waals surface area contributed by atoms with Gasteiger partial charge in [0.25, 0.3) is 5.89 Å². The lowest BCUT2D eigenvalue weighted by molar-refractivity contribution is -0.136. The molecule has 176 valence electrons. The van der Waals surface area contributed by atoms with Gasteiger partial charge in [0, 0.05) is 43.2 Å². The minimum Gasteiger partial charge on any atom is -0.497 e. The molecule has 8 heteroatoms. The van der Waals surface area contributed by atoms with Crippen LogP contribution in [0.3, 0.4) is 0 Å². The van der Waals surface area contributed by atoms with Crippen molar-refractivity contribution in [2.24, 2.45) is 5.92 Å². The molecule has 2 aliphatic heterocycles. The third-order valence-corrected chi connectivity index (χ3v) is 6.85. The van der Waals surface area contributed by atoms with Gasteiger partial charge in [-0.3, -0.25) is 9.59 Å². The van der Waals surface area contributed by atoms with Gasteiger partial charge in [-0.25, -0.2) is 0 Å². The second-order valence-electron chi connectivity index (χ2n) is 8.98. The number of aromatic nitrogens is 2. The molecule has 0 aliphatic carbocycles. The summed E-state index contributed by atoms with van der Waals surface area (Å²) in [6.45, 7) is 3.69. The van der Waals surface area contributed by atoms with E-state index in [9.17, 15) is 9.59 Å². The molecule has 5 rings (SSSR count). The van der Waals surface area contributed by atoms with Crippen LogP contribution in [0, 0.1) is 12.8 Å². The molecule has 1 aromatic heterocycles. The van der Waals surface area contributed by atoms with Gasteiger partial charge in [0.2, 0.25) is 11.8 Å². The van der Waals surface area contributed by atoms with Crippen molar-refractivity contribution in [1.29, 1.82) is 0 Å². The van der Waals surface area contributed by atoms with Gasteiger partial charge in [-0.15, -0.1) is 0 Å². The van der Waals surface area contributed by atoms with Gasteiger partial charge in [-0.2, -0.15) is 4.98 Å². The lowest BCUT2D eigenvalue weighted by Gasteiger charge is -2.32. The molecular formula is C26H28N4O4. The first-order chi connectivity index (χ1) is 16.5. The summed E-state index contributed by atoms with van der Waals surface area (Å²) in [4.78, 5) is 34.0. The summed E-state index contributed by atoms with van der Waals surface area (Å²) >= 11 is 0. The fourth-order valence-corrected chi connectivity index (χ4v) is 4.82. The molecule has 0 saturated carbocycles. The number of carbonyl (C=O) groups is 2. The maximum absolute atomic E-state index is 13.2. The first-order valence-electron chi connectivity index (χ1n) is 11.7. The number of anilines is 1. The van der Waals surface area contributed by atoms with Crippen LogP contribution in [0.1, 0.15) is 36.6 Å². The van der Waals surface area contributed by atoms with Crippen LogP contribution in [-0.4, -0.2) is 53.6 Å². The molecule has 1 atom stereocenters. The number of ether oxygens (including phenoxy) is 1. The molecule has 2 aromatic carbocycles. The van der Waals surface area contributed by atoms with Crippen molar-refractivity contribution in [1.82, 2.24) is 15.0 Å². The highest BCUT2D eigenvalue weighted by molar-refractivity contribution is 6.00. The fourth-order valence-electron chi connectivity index (χ4n) is 4.82. The number of likely N-dealkylation sites (tertiary alicyclic amines) is 1. The number of benzene rings is 2. The first-order valence-corrected chi connectivity index (χ1v) is 11.7. The minimum atomic E-state index is -0.316. The standard InChI is InChI=1S/C26H28N4O4/c1-17-5-3-4-6-22(17)25-27-24(28-34-25)18-11-13-29(14-12-18)26(32)19-15-23(31)30(16-19)20-7-9-21(33-2)10-8-20/h3-10,18-19H,11-16H2,1-2H3/t19-/m0/s1. The summed E-state index contributed by atoms with van der Waals surface area (Å²) in [5.74, 6) is 1.85. The normalized spacial score (nSPS) is 19.0. The second kappa shape index (κ2) is 9.29. The Hall–Kier alpha value is -3.68. The zero-order valence-electron chi connectivity index (χ0n) is 19.4. The largest absolute Gasteiger partial charge is 0.497 e. The number of hydrogen-bond acceptors (Lipinski definition) is 6. The van der Waals surface area contributed by atoms with E-state index < -0.39 is 0 Å². The number of nitrogens with zero attached hydrogens (tertiary/aromatic N) is 4. The first kappa shape index (κ1) is 22.1. The Morgan fingerprint density at radius 1 is 1.09 bits per heavy atom. The molecule has 0 radical (unpaired) electrons. The summed E-state index contributed by atoms with van der Waals surface area (Å²) in [6, 6.07) is 15.3. The molecule has 0 bridgehead atoms. The Balaban J connectivity index is 1.19. The van der Waals surface area contributed by atoms with E-state index in [0.717, 1.165) is 35.4 Å². The van der Waals surface area contributed by atoms with E-state index in [4.69, 9.17) is 9.26 Å². The van der Waals surface area contributed by atoms with E-state index in [1.54, 1.807) is 12.0 Å². The van der Waals surface area contributed by atoms with E-state index >= 15 is 0 Å². The van der Waals surface area contributed by atoms with Gasteiger partial charge in [0.05, 0.1) is 13.0 Å². The Bertz CT molecular complexity index is 1180. The molecule has 3 aromatic rings. The molecule has 0 spiro atoms. The molecule has 34 heavy (non-hydrogen) atoms. The third-order valence-electron chi connectivity index (χ3n) is 6.85. The topological polar surface area (TPSA) is 88.8 Å². The van der Waals surface area contributed by atoms with Gasteiger partial charge >= 0.3 is 0 Å². The maximum Gasteiger partial charge on any atom is 0.258 e.